The summed E-state index contributed by atoms with van der Waals surface area (Å²) >= 11 is 0. The second-order valence-corrected chi connectivity index (χ2v) is 17.2. The van der Waals surface area contributed by atoms with Crippen LogP contribution in [0, 0.1) is 0 Å². The average Bonchev–Trinajstić information content (AvgIpc) is 3.19. The highest BCUT2D eigenvalue weighted by Gasteiger charge is 2.24. The van der Waals surface area contributed by atoms with Gasteiger partial charge in [0.25, 0.3) is 0 Å². The standard InChI is InChI=1S/C50H97NO5/c1-4-7-10-13-16-19-22-24-25-26-28-30-33-36-39-42-48(53)47(45-52)51-49(54)44-46(41-38-35-32-29-27-23-20-17-14-11-8-5-2)56-50(55)43-40-37-34-31-21-18-15-12-9-6-3/h12,15,46-48,52-53H,4-11,13-14,16-45H2,1-3H3,(H,51,54)/b15-12-. The Morgan fingerprint density at radius 1 is 0.500 bits per heavy atom. The lowest BCUT2D eigenvalue weighted by molar-refractivity contribution is -0.151. The van der Waals surface area contributed by atoms with Gasteiger partial charge in [-0.3, -0.25) is 9.59 Å². The molecule has 56 heavy (non-hydrogen) atoms. The first-order valence-electron chi connectivity index (χ1n) is 24.9. The summed E-state index contributed by atoms with van der Waals surface area (Å²) in [4.78, 5) is 26.0. The molecule has 3 atom stereocenters. The molecule has 0 aromatic heterocycles. The van der Waals surface area contributed by atoms with Gasteiger partial charge in [-0.05, 0) is 44.9 Å². The summed E-state index contributed by atoms with van der Waals surface area (Å²) in [5.41, 5.74) is 0. The predicted molar refractivity (Wildman–Crippen MR) is 241 cm³/mol. The summed E-state index contributed by atoms with van der Waals surface area (Å²) in [6.07, 6.45) is 48.4. The molecule has 0 aliphatic heterocycles. The lowest BCUT2D eigenvalue weighted by Gasteiger charge is -2.24. The number of allylic oxidation sites excluding steroid dienone is 2. The van der Waals surface area contributed by atoms with Crippen LogP contribution >= 0.6 is 0 Å². The number of nitrogens with one attached hydrogen (secondary N) is 1. The van der Waals surface area contributed by atoms with Gasteiger partial charge in [0.05, 0.1) is 25.2 Å². The van der Waals surface area contributed by atoms with Gasteiger partial charge >= 0.3 is 5.97 Å². The van der Waals surface area contributed by atoms with Crippen molar-refractivity contribution in [2.24, 2.45) is 0 Å². The molecule has 0 aliphatic rings. The lowest BCUT2D eigenvalue weighted by atomic mass is 10.0. The maximum absolute atomic E-state index is 13.2. The van der Waals surface area contributed by atoms with Crippen molar-refractivity contribution in [3.05, 3.63) is 12.2 Å². The molecule has 0 bridgehead atoms. The van der Waals surface area contributed by atoms with Gasteiger partial charge in [0.15, 0.2) is 0 Å². The molecule has 0 saturated carbocycles. The molecule has 0 spiro atoms. The Morgan fingerprint density at radius 2 is 0.893 bits per heavy atom. The molecule has 6 nitrogen and oxygen atoms in total. The molecule has 0 aromatic carbocycles. The molecule has 3 unspecified atom stereocenters. The van der Waals surface area contributed by atoms with Crippen molar-refractivity contribution in [3.8, 4) is 0 Å². The van der Waals surface area contributed by atoms with Gasteiger partial charge < -0.3 is 20.3 Å². The van der Waals surface area contributed by atoms with Crippen molar-refractivity contribution >= 4 is 11.9 Å². The Bertz CT molecular complexity index is 847. The fourth-order valence-corrected chi connectivity index (χ4v) is 7.79. The van der Waals surface area contributed by atoms with Gasteiger partial charge in [-0.15, -0.1) is 0 Å². The van der Waals surface area contributed by atoms with Crippen LogP contribution in [0.25, 0.3) is 0 Å². The van der Waals surface area contributed by atoms with E-state index in [-0.39, 0.29) is 24.9 Å². The number of esters is 1. The Balaban J connectivity index is 4.48. The van der Waals surface area contributed by atoms with E-state index in [1.54, 1.807) is 0 Å². The molecule has 6 heteroatoms. The number of amides is 1. The van der Waals surface area contributed by atoms with Gasteiger partial charge in [0.1, 0.15) is 6.10 Å². The van der Waals surface area contributed by atoms with E-state index >= 15 is 0 Å². The van der Waals surface area contributed by atoms with Crippen molar-refractivity contribution in [2.45, 2.75) is 289 Å². The van der Waals surface area contributed by atoms with Crippen molar-refractivity contribution in [1.29, 1.82) is 0 Å². The van der Waals surface area contributed by atoms with E-state index in [1.807, 2.05) is 0 Å². The maximum Gasteiger partial charge on any atom is 0.306 e. The summed E-state index contributed by atoms with van der Waals surface area (Å²) < 4.78 is 5.91. The topological polar surface area (TPSA) is 95.9 Å². The van der Waals surface area contributed by atoms with Crippen LogP contribution in [-0.4, -0.2) is 46.9 Å². The number of unbranched alkanes of at least 4 members (excludes halogenated alkanes) is 31. The molecule has 0 aromatic rings. The lowest BCUT2D eigenvalue weighted by Crippen LogP contribution is -2.46. The molecule has 0 rings (SSSR count). The molecule has 0 saturated heterocycles. The third-order valence-corrected chi connectivity index (χ3v) is 11.6. The second-order valence-electron chi connectivity index (χ2n) is 17.2. The van der Waals surface area contributed by atoms with Gasteiger partial charge in [0, 0.05) is 6.42 Å². The molecular weight excluding hydrogens is 695 g/mol. The monoisotopic (exact) mass is 792 g/mol. The summed E-state index contributed by atoms with van der Waals surface area (Å²) in [7, 11) is 0. The van der Waals surface area contributed by atoms with Crippen LogP contribution in [0.15, 0.2) is 12.2 Å². The molecule has 0 radical (unpaired) electrons. The normalized spacial score (nSPS) is 13.3. The van der Waals surface area contributed by atoms with E-state index in [1.165, 1.54) is 167 Å². The second kappa shape index (κ2) is 44.7. The van der Waals surface area contributed by atoms with E-state index in [0.717, 1.165) is 57.8 Å². The summed E-state index contributed by atoms with van der Waals surface area (Å²) in [5, 5.41) is 23.7. The number of carbonyl (C=O) groups is 2. The zero-order chi connectivity index (χ0) is 41.0. The number of hydrogen-bond donors (Lipinski definition) is 3. The maximum atomic E-state index is 13.2. The van der Waals surface area contributed by atoms with E-state index < -0.39 is 18.2 Å². The predicted octanol–water partition coefficient (Wildman–Crippen LogP) is 14.6. The van der Waals surface area contributed by atoms with Crippen LogP contribution in [0.2, 0.25) is 0 Å². The van der Waals surface area contributed by atoms with E-state index in [4.69, 9.17) is 4.74 Å². The van der Waals surface area contributed by atoms with Crippen LogP contribution in [0.1, 0.15) is 271 Å². The summed E-state index contributed by atoms with van der Waals surface area (Å²) in [6.45, 7) is 6.44. The molecule has 3 N–H and O–H groups in total. The number of aliphatic hydroxyl groups excluding tert-OH is 2. The van der Waals surface area contributed by atoms with E-state index in [0.29, 0.717) is 19.3 Å². The minimum Gasteiger partial charge on any atom is -0.462 e. The first kappa shape index (κ1) is 54.6. The van der Waals surface area contributed by atoms with Gasteiger partial charge in [-0.25, -0.2) is 0 Å². The first-order valence-corrected chi connectivity index (χ1v) is 24.9. The first-order chi connectivity index (χ1) is 27.5. The van der Waals surface area contributed by atoms with Crippen LogP contribution in [0.3, 0.4) is 0 Å². The van der Waals surface area contributed by atoms with Gasteiger partial charge in [-0.1, -0.05) is 226 Å². The third-order valence-electron chi connectivity index (χ3n) is 11.6. The fraction of sp³-hybridized carbons (Fsp3) is 0.920. The Labute approximate surface area is 349 Å². The molecule has 0 heterocycles. The van der Waals surface area contributed by atoms with Crippen LogP contribution < -0.4 is 5.32 Å². The zero-order valence-corrected chi connectivity index (χ0v) is 37.8. The highest BCUT2D eigenvalue weighted by atomic mass is 16.5. The van der Waals surface area contributed by atoms with Crippen molar-refractivity contribution in [3.63, 3.8) is 0 Å². The molecule has 332 valence electrons. The third kappa shape index (κ3) is 39.4. The Kier molecular flexibility index (Phi) is 43.6. The molecule has 0 aliphatic carbocycles. The number of ether oxygens (including phenoxy) is 1. The number of carbonyl (C=O) groups excluding carboxylic acids is 2. The zero-order valence-electron chi connectivity index (χ0n) is 37.8. The van der Waals surface area contributed by atoms with E-state index in [2.05, 4.69) is 38.2 Å². The van der Waals surface area contributed by atoms with Crippen molar-refractivity contribution in [2.75, 3.05) is 6.61 Å². The highest BCUT2D eigenvalue weighted by Crippen LogP contribution is 2.18. The van der Waals surface area contributed by atoms with Crippen molar-refractivity contribution < 1.29 is 24.5 Å². The van der Waals surface area contributed by atoms with Crippen molar-refractivity contribution in [1.82, 2.24) is 5.32 Å². The highest BCUT2D eigenvalue weighted by molar-refractivity contribution is 5.77. The molecule has 0 fully saturated rings. The number of aliphatic hydroxyl groups is 2. The number of hydrogen-bond acceptors (Lipinski definition) is 5. The quantitative estimate of drug-likeness (QED) is 0.0324. The van der Waals surface area contributed by atoms with Gasteiger partial charge in [0.2, 0.25) is 5.91 Å². The summed E-state index contributed by atoms with van der Waals surface area (Å²) in [6, 6.07) is -0.695. The minimum atomic E-state index is -0.782. The average molecular weight is 792 g/mol. The molecular formula is C50H97NO5. The van der Waals surface area contributed by atoms with E-state index in [9.17, 15) is 19.8 Å². The van der Waals surface area contributed by atoms with Crippen LogP contribution in [-0.2, 0) is 14.3 Å². The Morgan fingerprint density at radius 3 is 1.34 bits per heavy atom. The minimum absolute atomic E-state index is 0.0809. The number of rotatable bonds is 45. The Hall–Kier alpha value is -1.40. The van der Waals surface area contributed by atoms with Crippen LogP contribution in [0.5, 0.6) is 0 Å². The fourth-order valence-electron chi connectivity index (χ4n) is 7.79. The van der Waals surface area contributed by atoms with Crippen LogP contribution in [0.4, 0.5) is 0 Å². The SMILES string of the molecule is CCC/C=C\CCCCCCCC(=O)OC(CCCCCCCCCCCCCC)CC(=O)NC(CO)C(O)CCCCCCCCCCCCCCCCC. The largest absolute Gasteiger partial charge is 0.462 e. The van der Waals surface area contributed by atoms with Gasteiger partial charge in [-0.2, -0.15) is 0 Å². The molecule has 1 amide bonds. The smallest absolute Gasteiger partial charge is 0.306 e. The summed E-state index contributed by atoms with van der Waals surface area (Å²) in [5.74, 6) is -0.472.